The lowest BCUT2D eigenvalue weighted by atomic mass is 9.99. The molecule has 10 aliphatic heterocycles. The van der Waals surface area contributed by atoms with Crippen molar-refractivity contribution in [1.29, 1.82) is 0 Å². The van der Waals surface area contributed by atoms with Crippen molar-refractivity contribution >= 4 is 105 Å². The van der Waals surface area contributed by atoms with Gasteiger partial charge >= 0.3 is 24.1 Å². The first-order valence-electron chi connectivity index (χ1n) is 38.9. The lowest BCUT2D eigenvalue weighted by Gasteiger charge is -2.37. The molecule has 10 aromatic heterocycles. The van der Waals surface area contributed by atoms with Gasteiger partial charge in [-0.1, -0.05) is 6.92 Å². The number of hydrogen-bond donors (Lipinski definition) is 5. The Morgan fingerprint density at radius 1 is 0.363 bits per heavy atom. The van der Waals surface area contributed by atoms with Crippen LogP contribution >= 0.6 is 0 Å². The predicted molar refractivity (Wildman–Crippen MR) is 437 cm³/mol. The molecular formula is C81H90N28O4. The summed E-state index contributed by atoms with van der Waals surface area (Å²) in [6.45, 7) is 23.1. The molecule has 113 heavy (non-hydrogen) atoms. The summed E-state index contributed by atoms with van der Waals surface area (Å²) in [5.41, 5.74) is 12.1. The van der Waals surface area contributed by atoms with E-state index in [4.69, 9.17) is 19.9 Å². The Morgan fingerprint density at radius 3 is 1.10 bits per heavy atom. The molecule has 5 N–H and O–H groups in total. The molecule has 0 spiro atoms. The molecule has 10 aromatic rings. The van der Waals surface area contributed by atoms with Crippen LogP contribution in [0.4, 0.5) is 100.0 Å². The van der Waals surface area contributed by atoms with Gasteiger partial charge in [-0.2, -0.15) is 0 Å². The van der Waals surface area contributed by atoms with Crippen LogP contribution in [0.1, 0.15) is 68.2 Å². The van der Waals surface area contributed by atoms with Crippen molar-refractivity contribution in [2.75, 3.05) is 162 Å². The van der Waals surface area contributed by atoms with Gasteiger partial charge in [-0.3, -0.25) is 65.5 Å². The first-order valence-corrected chi connectivity index (χ1v) is 38.9. The van der Waals surface area contributed by atoms with Crippen molar-refractivity contribution in [1.82, 2.24) is 70.1 Å². The van der Waals surface area contributed by atoms with Crippen molar-refractivity contribution in [3.63, 3.8) is 0 Å². The van der Waals surface area contributed by atoms with Crippen molar-refractivity contribution < 1.29 is 19.2 Å². The number of pyridine rings is 7. The summed E-state index contributed by atoms with van der Waals surface area (Å²) in [4.78, 5) is 131. The van der Waals surface area contributed by atoms with E-state index in [1.165, 1.54) is 19.0 Å². The maximum absolute atomic E-state index is 13.2. The van der Waals surface area contributed by atoms with Crippen LogP contribution in [0.5, 0.6) is 0 Å². The van der Waals surface area contributed by atoms with Crippen LogP contribution in [-0.2, 0) is 0 Å². The summed E-state index contributed by atoms with van der Waals surface area (Å²) in [6, 6.07) is 27.9. The average molecular weight is 1520 g/mol. The SMILES string of the molecule is CC1CCN(c2ccc3c(n2)N(C(=O)Nc2cnccn2)[C@H]2CCN3C2)CC1.Cc1ccc(-c2ccc3c(n2)N(C(=O)Nc2cccnc2)[C@H]2CCN3C2)c(C)n1.Cc1ccc(-c2ccc3c(n2)N(C(=O)Nc2cnccn2)[C@H]2CCN3C2)c(C)n1.O=C(Nc1cnccn1)N1c2nc(N3CCNCC3)ccc2N2CC[C@H]1C2. The summed E-state index contributed by atoms with van der Waals surface area (Å²) >= 11 is 0. The predicted octanol–water partition coefficient (Wildman–Crippen LogP) is 10.6. The number of carbonyl (C=O) groups is 4. The smallest absolute Gasteiger partial charge is 0.329 e. The Hall–Kier alpha value is -12.9. The van der Waals surface area contributed by atoms with Crippen molar-refractivity contribution in [2.24, 2.45) is 5.92 Å². The van der Waals surface area contributed by atoms with Crippen LogP contribution < -0.4 is 75.6 Å². The molecule has 20 heterocycles. The fraction of sp³-hybridized carbons (Fsp3) is 0.370. The maximum atomic E-state index is 13.2. The molecule has 578 valence electrons. The van der Waals surface area contributed by atoms with E-state index < -0.39 is 0 Å². The molecule has 0 unspecified atom stereocenters. The molecule has 32 heteroatoms. The number of aromatic nitrogens is 13. The van der Waals surface area contributed by atoms with Gasteiger partial charge in [0.25, 0.3) is 0 Å². The van der Waals surface area contributed by atoms with Gasteiger partial charge in [0.2, 0.25) is 0 Å². The van der Waals surface area contributed by atoms with E-state index in [0.717, 1.165) is 215 Å². The molecule has 10 aliphatic rings. The monoisotopic (exact) mass is 1520 g/mol. The summed E-state index contributed by atoms with van der Waals surface area (Å²) in [7, 11) is 0. The first kappa shape index (κ1) is 73.0. The number of nitrogens with zero attached hydrogens (tertiary/aromatic N) is 23. The average Bonchev–Trinajstić information content (AvgIpc) is 1.70. The molecular weight excluding hydrogens is 1430 g/mol. The second-order valence-electron chi connectivity index (χ2n) is 29.9. The number of rotatable bonds is 8. The minimum Gasteiger partial charge on any atom is -0.366 e. The highest BCUT2D eigenvalue weighted by Crippen LogP contribution is 2.45. The fourth-order valence-corrected chi connectivity index (χ4v) is 16.8. The van der Waals surface area contributed by atoms with Crippen LogP contribution in [-0.4, -0.2) is 205 Å². The quantitative estimate of drug-likeness (QED) is 0.0943. The lowest BCUT2D eigenvalue weighted by Crippen LogP contribution is -2.49. The van der Waals surface area contributed by atoms with E-state index in [2.05, 4.69) is 144 Å². The van der Waals surface area contributed by atoms with Crippen LogP contribution in [0.2, 0.25) is 0 Å². The maximum Gasteiger partial charge on any atom is 0.329 e. The summed E-state index contributed by atoms with van der Waals surface area (Å²) in [5.74, 6) is 6.86. The highest BCUT2D eigenvalue weighted by atomic mass is 16.2. The number of nitrogens with one attached hydrogen (secondary N) is 5. The minimum atomic E-state index is -0.235. The molecule has 0 aliphatic carbocycles. The van der Waals surface area contributed by atoms with Crippen LogP contribution in [0.15, 0.2) is 153 Å². The third-order valence-electron chi connectivity index (χ3n) is 22.5. The van der Waals surface area contributed by atoms with Crippen molar-refractivity contribution in [2.45, 2.75) is 97.3 Å². The Labute approximate surface area is 654 Å². The normalized spacial score (nSPS) is 19.3. The third-order valence-corrected chi connectivity index (χ3v) is 22.5. The van der Waals surface area contributed by atoms with Crippen LogP contribution in [0.3, 0.4) is 0 Å². The molecule has 8 bridgehead atoms. The van der Waals surface area contributed by atoms with Gasteiger partial charge in [-0.25, -0.2) is 54.1 Å². The highest BCUT2D eigenvalue weighted by molar-refractivity contribution is 6.07. The number of amides is 8. The van der Waals surface area contributed by atoms with Gasteiger partial charge in [0, 0.05) is 169 Å². The Balaban J connectivity index is 0.000000109. The molecule has 6 saturated heterocycles. The summed E-state index contributed by atoms with van der Waals surface area (Å²) < 4.78 is 0. The minimum absolute atomic E-state index is 0.0826. The molecule has 6 fully saturated rings. The van der Waals surface area contributed by atoms with E-state index in [0.29, 0.717) is 34.8 Å². The number of aryl methyl sites for hydroxylation is 4. The van der Waals surface area contributed by atoms with Gasteiger partial charge in [0.1, 0.15) is 11.6 Å². The van der Waals surface area contributed by atoms with E-state index in [9.17, 15) is 19.2 Å². The first-order chi connectivity index (χ1) is 55.2. The zero-order chi connectivity index (χ0) is 77.2. The summed E-state index contributed by atoms with van der Waals surface area (Å²) in [6.07, 6.45) is 23.5. The topological polar surface area (TPSA) is 328 Å². The lowest BCUT2D eigenvalue weighted by molar-refractivity contribution is 0.254. The van der Waals surface area contributed by atoms with Crippen LogP contribution in [0.25, 0.3) is 22.5 Å². The van der Waals surface area contributed by atoms with Gasteiger partial charge in [-0.15, -0.1) is 0 Å². The molecule has 32 nitrogen and oxygen atoms in total. The number of fused-ring (bicyclic) bond motifs is 16. The Morgan fingerprint density at radius 2 is 0.726 bits per heavy atom. The number of anilines is 14. The van der Waals surface area contributed by atoms with Crippen LogP contribution in [0, 0.1) is 33.6 Å². The van der Waals surface area contributed by atoms with Crippen molar-refractivity contribution in [3.05, 3.63) is 176 Å². The highest BCUT2D eigenvalue weighted by Gasteiger charge is 2.45. The Bertz CT molecular complexity index is 4970. The van der Waals surface area contributed by atoms with Crippen molar-refractivity contribution in [3.8, 4) is 22.5 Å². The number of urea groups is 4. The van der Waals surface area contributed by atoms with Gasteiger partial charge in [0.05, 0.1) is 88.8 Å². The molecule has 0 saturated carbocycles. The van der Waals surface area contributed by atoms with E-state index >= 15 is 0 Å². The largest absolute Gasteiger partial charge is 0.366 e. The second kappa shape index (κ2) is 31.8. The number of carbonyl (C=O) groups excluding carboxylic acids is 4. The van der Waals surface area contributed by atoms with E-state index in [-0.39, 0.29) is 48.3 Å². The number of piperazine rings is 1. The molecule has 4 atom stereocenters. The zero-order valence-corrected chi connectivity index (χ0v) is 63.9. The standard InChI is InChI=1S/C22H22N6O.C21H21N7O.C20H25N7O.C18H22N8O/c1-14-5-6-18(15(2)24-14)19-7-8-20-21(26-19)28(17-9-11-27(20)13-17)22(29)25-16-4-3-10-23-12-16;1-13-3-4-16(14(2)24-13)17-5-6-18-20(25-17)28(15-7-10-27(18)12-15)21(29)26-19-11-22-8-9-23-19;1-14-4-9-25(10-5-14)18-3-2-16-19(24-18)27(15-6-11-26(16)13-15)20(28)23-17-12-21-7-8-22-17;27-18(22-15-11-20-4-5-21-15)26-13-3-8-25(12-13)14-1-2-16(23-17(14)26)24-9-6-19-7-10-24/h3-8,10,12,17H,9,11,13H2,1-2H3,(H,25,29);3-6,8-9,11,15H,7,10,12H2,1-2H3,(H,23,26,29);2-3,7-8,12,14-15H,4-6,9-11,13H2,1H3,(H,22,23,28);1-2,4-5,11,13,19H,3,6-10,12H2,(H,21,22,27)/t17-;2*15-;13-/m0000/s1. The summed E-state index contributed by atoms with van der Waals surface area (Å²) in [5, 5.41) is 14.9. The number of hydrogen-bond acceptors (Lipinski definition) is 24. The van der Waals surface area contributed by atoms with Gasteiger partial charge in [0.15, 0.2) is 40.7 Å². The van der Waals surface area contributed by atoms with E-state index in [1.807, 2.05) is 80.0 Å². The third kappa shape index (κ3) is 15.3. The second-order valence-corrected chi connectivity index (χ2v) is 29.9. The van der Waals surface area contributed by atoms with Gasteiger partial charge in [-0.05, 0) is 157 Å². The molecule has 0 aromatic carbocycles. The van der Waals surface area contributed by atoms with E-state index in [1.54, 1.807) is 77.8 Å². The molecule has 8 amide bonds. The van der Waals surface area contributed by atoms with Gasteiger partial charge < -0.3 is 40.0 Å². The number of piperidine rings is 1. The Kier molecular flexibility index (Phi) is 20.6. The zero-order valence-electron chi connectivity index (χ0n) is 63.9. The fourth-order valence-electron chi connectivity index (χ4n) is 16.8. The molecule has 0 radical (unpaired) electrons. The molecule has 20 rings (SSSR count).